The van der Waals surface area contributed by atoms with Gasteiger partial charge in [0.05, 0.1) is 25.2 Å². The van der Waals surface area contributed by atoms with Crippen LogP contribution in [-0.4, -0.2) is 27.3 Å². The molecule has 0 fully saturated rings. The van der Waals surface area contributed by atoms with Gasteiger partial charge in [-0.2, -0.15) is 0 Å². The van der Waals surface area contributed by atoms with Gasteiger partial charge in [-0.3, -0.25) is 4.57 Å². The summed E-state index contributed by atoms with van der Waals surface area (Å²) in [6.45, 7) is 0. The number of hydrogen-bond donors (Lipinski definition) is 1. The third kappa shape index (κ3) is 3.54. The van der Waals surface area contributed by atoms with E-state index in [1.165, 1.54) is 0 Å². The minimum Gasteiger partial charge on any atom is -0.497 e. The highest BCUT2D eigenvalue weighted by Crippen LogP contribution is 2.49. The highest BCUT2D eigenvalue weighted by Gasteiger charge is 2.31. The van der Waals surface area contributed by atoms with Crippen molar-refractivity contribution in [2.24, 2.45) is 0 Å². The number of nitrogens with one attached hydrogen (secondary N) is 1. The Morgan fingerprint density at radius 2 is 1.52 bits per heavy atom. The van der Waals surface area contributed by atoms with Gasteiger partial charge in [-0.15, -0.1) is 0 Å². The summed E-state index contributed by atoms with van der Waals surface area (Å²) in [6.07, 6.45) is 0. The first-order valence-electron chi connectivity index (χ1n) is 8.12. The molecule has 138 valence electrons. The van der Waals surface area contributed by atoms with E-state index >= 15 is 0 Å². The second kappa shape index (κ2) is 7.71. The van der Waals surface area contributed by atoms with Crippen LogP contribution in [0.15, 0.2) is 53.6 Å². The van der Waals surface area contributed by atoms with Gasteiger partial charge in [0.25, 0.3) is 0 Å². The number of H-pyrrole nitrogens is 1. The fraction of sp³-hybridized carbons (Fsp3) is 0.158. The maximum Gasteiger partial charge on any atom is 0.182 e. The molecule has 1 aliphatic rings. The van der Waals surface area contributed by atoms with E-state index in [1.54, 1.807) is 37.7 Å². The lowest BCUT2D eigenvalue weighted by atomic mass is 10.1. The van der Waals surface area contributed by atoms with Crippen molar-refractivity contribution >= 4 is 51.5 Å². The number of fused-ring (bicyclic) bond motifs is 1. The average molecular weight is 433 g/mol. The van der Waals surface area contributed by atoms with Crippen LogP contribution in [0.1, 0.15) is 16.5 Å². The fourth-order valence-corrected chi connectivity index (χ4v) is 6.13. The van der Waals surface area contributed by atoms with Gasteiger partial charge in [0.15, 0.2) is 4.77 Å². The molecule has 27 heavy (non-hydrogen) atoms. The third-order valence-corrected chi connectivity index (χ3v) is 7.34. The first-order valence-corrected chi connectivity index (χ1v) is 10.6. The number of aromatic amines is 1. The number of imidazole rings is 1. The Hall–Kier alpha value is -1.74. The van der Waals surface area contributed by atoms with Gasteiger partial charge in [-0.1, -0.05) is 47.9 Å². The van der Waals surface area contributed by atoms with Crippen LogP contribution >= 0.6 is 48.0 Å². The Balaban J connectivity index is 1.81. The largest absolute Gasteiger partial charge is 0.497 e. The summed E-state index contributed by atoms with van der Waals surface area (Å²) in [5.41, 5.74) is 3.21. The van der Waals surface area contributed by atoms with E-state index in [4.69, 9.17) is 33.9 Å². The van der Waals surface area contributed by atoms with Gasteiger partial charge in [-0.25, -0.2) is 0 Å². The Morgan fingerprint density at radius 1 is 0.926 bits per heavy atom. The summed E-state index contributed by atoms with van der Waals surface area (Å²) in [5, 5.41) is 1.11. The molecule has 2 heterocycles. The Kier molecular flexibility index (Phi) is 5.32. The van der Waals surface area contributed by atoms with Crippen LogP contribution in [0.25, 0.3) is 5.69 Å². The van der Waals surface area contributed by atoms with Crippen molar-refractivity contribution in [3.8, 4) is 17.2 Å². The first kappa shape index (κ1) is 18.6. The number of thiocarbonyl (C=S) groups is 1. The van der Waals surface area contributed by atoms with Crippen molar-refractivity contribution in [3.63, 3.8) is 0 Å². The smallest absolute Gasteiger partial charge is 0.182 e. The van der Waals surface area contributed by atoms with E-state index in [0.29, 0.717) is 4.77 Å². The highest BCUT2D eigenvalue weighted by molar-refractivity contribution is 8.47. The van der Waals surface area contributed by atoms with E-state index in [1.807, 2.05) is 41.0 Å². The minimum atomic E-state index is 0.0702. The molecule has 0 saturated heterocycles. The van der Waals surface area contributed by atoms with Crippen LogP contribution in [0.4, 0.5) is 0 Å². The standard InChI is InChI=1S/C19H16N2O2S4/c1-22-13-7-3-11(4-8-13)16-15-17(27-19(25)26-16)21(18(24)20-15)12-5-9-14(23-2)10-6-12/h3-10,16H,1-2H3,(H,20,24). The van der Waals surface area contributed by atoms with Crippen molar-refractivity contribution < 1.29 is 9.47 Å². The molecule has 0 amide bonds. The van der Waals surface area contributed by atoms with E-state index in [-0.39, 0.29) is 5.25 Å². The lowest BCUT2D eigenvalue weighted by molar-refractivity contribution is 0.414. The lowest BCUT2D eigenvalue weighted by Crippen LogP contribution is -2.08. The van der Waals surface area contributed by atoms with Crippen molar-refractivity contribution in [1.29, 1.82) is 0 Å². The molecule has 1 atom stereocenters. The molecular formula is C19H16N2O2S4. The number of nitrogens with zero attached hydrogens (tertiary/aromatic N) is 1. The van der Waals surface area contributed by atoms with Gasteiger partial charge < -0.3 is 14.5 Å². The molecule has 0 spiro atoms. The molecule has 3 aromatic rings. The number of thioether (sulfide) groups is 2. The number of rotatable bonds is 4. The van der Waals surface area contributed by atoms with Crippen LogP contribution in [0, 0.1) is 4.77 Å². The summed E-state index contributed by atoms with van der Waals surface area (Å²) in [7, 11) is 3.32. The molecule has 0 saturated carbocycles. The first-order chi connectivity index (χ1) is 13.1. The monoisotopic (exact) mass is 432 g/mol. The molecule has 0 radical (unpaired) electrons. The molecule has 1 aromatic heterocycles. The number of ether oxygens (including phenoxy) is 2. The van der Waals surface area contributed by atoms with Crippen molar-refractivity contribution in [3.05, 3.63) is 64.6 Å². The number of benzene rings is 2. The van der Waals surface area contributed by atoms with Crippen LogP contribution < -0.4 is 9.47 Å². The molecule has 0 aliphatic carbocycles. The molecule has 1 unspecified atom stereocenters. The predicted molar refractivity (Wildman–Crippen MR) is 118 cm³/mol. The van der Waals surface area contributed by atoms with Crippen LogP contribution in [0.3, 0.4) is 0 Å². The zero-order valence-corrected chi connectivity index (χ0v) is 17.9. The second-order valence-electron chi connectivity index (χ2n) is 5.81. The normalized spacial score (nSPS) is 16.1. The van der Waals surface area contributed by atoms with Gasteiger partial charge in [0.1, 0.15) is 20.1 Å². The topological polar surface area (TPSA) is 39.2 Å². The van der Waals surface area contributed by atoms with Crippen molar-refractivity contribution in [1.82, 2.24) is 9.55 Å². The zero-order chi connectivity index (χ0) is 19.0. The molecule has 8 heteroatoms. The maximum atomic E-state index is 5.64. The number of hydrogen-bond acceptors (Lipinski definition) is 6. The summed E-state index contributed by atoms with van der Waals surface area (Å²) < 4.78 is 14.1. The van der Waals surface area contributed by atoms with Crippen LogP contribution in [-0.2, 0) is 0 Å². The van der Waals surface area contributed by atoms with Gasteiger partial charge >= 0.3 is 0 Å². The molecule has 4 nitrogen and oxygen atoms in total. The van der Waals surface area contributed by atoms with E-state index in [2.05, 4.69) is 17.1 Å². The highest BCUT2D eigenvalue weighted by atomic mass is 32.2. The lowest BCUT2D eigenvalue weighted by Gasteiger charge is -2.23. The van der Waals surface area contributed by atoms with Crippen molar-refractivity contribution in [2.45, 2.75) is 10.3 Å². The van der Waals surface area contributed by atoms with E-state index < -0.39 is 0 Å². The third-order valence-electron chi connectivity index (χ3n) is 4.28. The maximum absolute atomic E-state index is 5.64. The molecule has 2 aromatic carbocycles. The van der Waals surface area contributed by atoms with Crippen molar-refractivity contribution in [2.75, 3.05) is 14.2 Å². The summed E-state index contributed by atoms with van der Waals surface area (Å²) in [6, 6.07) is 15.9. The summed E-state index contributed by atoms with van der Waals surface area (Å²) in [5.74, 6) is 1.64. The van der Waals surface area contributed by atoms with E-state index in [9.17, 15) is 0 Å². The SMILES string of the molecule is COc1ccc(C2SC(=S)Sc3c2[nH]c(=S)n3-c2ccc(OC)cc2)cc1. The number of aromatic nitrogens is 2. The molecular weight excluding hydrogens is 416 g/mol. The number of methoxy groups -OCH3 is 2. The molecule has 1 N–H and O–H groups in total. The fourth-order valence-electron chi connectivity index (χ4n) is 2.95. The Labute approximate surface area is 176 Å². The molecule has 0 bridgehead atoms. The zero-order valence-electron chi connectivity index (χ0n) is 14.6. The predicted octanol–water partition coefficient (Wildman–Crippen LogP) is 5.77. The van der Waals surface area contributed by atoms with Gasteiger partial charge in [0.2, 0.25) is 0 Å². The second-order valence-corrected chi connectivity index (χ2v) is 9.49. The molecule has 4 rings (SSSR count). The van der Waals surface area contributed by atoms with Crippen LogP contribution in [0.5, 0.6) is 11.5 Å². The van der Waals surface area contributed by atoms with Crippen LogP contribution in [0.2, 0.25) is 0 Å². The minimum absolute atomic E-state index is 0.0702. The molecule has 1 aliphatic heterocycles. The quantitative estimate of drug-likeness (QED) is 0.528. The van der Waals surface area contributed by atoms with E-state index in [0.717, 1.165) is 37.0 Å². The van der Waals surface area contributed by atoms with Gasteiger partial charge in [0, 0.05) is 5.69 Å². The van der Waals surface area contributed by atoms with Gasteiger partial charge in [-0.05, 0) is 54.2 Å². The Bertz CT molecular complexity index is 1040. The Morgan fingerprint density at radius 3 is 2.11 bits per heavy atom. The summed E-state index contributed by atoms with van der Waals surface area (Å²) >= 11 is 14.5. The average Bonchev–Trinajstić information content (AvgIpc) is 3.03. The summed E-state index contributed by atoms with van der Waals surface area (Å²) in [4.78, 5) is 3.40.